The molecule has 2 aromatic rings. The molecule has 0 saturated carbocycles. The lowest BCUT2D eigenvalue weighted by Gasteiger charge is -2.29. The van der Waals surface area contributed by atoms with Gasteiger partial charge in [-0.3, -0.25) is 4.98 Å². The number of aryl methyl sites for hydroxylation is 1. The Morgan fingerprint density at radius 1 is 1.20 bits per heavy atom. The predicted molar refractivity (Wildman–Crippen MR) is 83.3 cm³/mol. The van der Waals surface area contributed by atoms with Crippen LogP contribution in [0.25, 0.3) is 0 Å². The van der Waals surface area contributed by atoms with Crippen molar-refractivity contribution in [2.75, 3.05) is 0 Å². The van der Waals surface area contributed by atoms with Crippen LogP contribution in [0, 0.1) is 0 Å². The Morgan fingerprint density at radius 2 is 2.05 bits per heavy atom. The molecule has 1 aliphatic carbocycles. The van der Waals surface area contributed by atoms with Crippen LogP contribution in [-0.2, 0) is 6.42 Å². The summed E-state index contributed by atoms with van der Waals surface area (Å²) in [5.74, 6) is 0.247. The number of rotatable bonds is 2. The van der Waals surface area contributed by atoms with E-state index in [1.54, 1.807) is 6.07 Å². The summed E-state index contributed by atoms with van der Waals surface area (Å²) in [7, 11) is 0. The first kappa shape index (κ1) is 13.9. The Morgan fingerprint density at radius 3 is 2.85 bits per heavy atom. The molecular formula is C16H16Cl2N2. The van der Waals surface area contributed by atoms with E-state index < -0.39 is 0 Å². The summed E-state index contributed by atoms with van der Waals surface area (Å²) >= 11 is 12.1. The van der Waals surface area contributed by atoms with Crippen molar-refractivity contribution in [2.45, 2.75) is 31.2 Å². The molecule has 1 aromatic heterocycles. The van der Waals surface area contributed by atoms with Crippen molar-refractivity contribution in [3.63, 3.8) is 0 Å². The van der Waals surface area contributed by atoms with E-state index in [9.17, 15) is 0 Å². The van der Waals surface area contributed by atoms with Crippen molar-refractivity contribution in [3.05, 3.63) is 63.4 Å². The lowest BCUT2D eigenvalue weighted by molar-refractivity contribution is 0.463. The van der Waals surface area contributed by atoms with E-state index in [0.29, 0.717) is 10.0 Å². The van der Waals surface area contributed by atoms with Crippen LogP contribution in [0.2, 0.25) is 10.0 Å². The van der Waals surface area contributed by atoms with E-state index in [0.717, 1.165) is 30.5 Å². The maximum atomic E-state index is 6.46. The summed E-state index contributed by atoms with van der Waals surface area (Å²) in [6.07, 6.45) is 5.15. The molecule has 0 spiro atoms. The highest BCUT2D eigenvalue weighted by Gasteiger charge is 2.27. The molecule has 2 nitrogen and oxygen atoms in total. The number of halogens is 2. The van der Waals surface area contributed by atoms with Crippen molar-refractivity contribution in [1.29, 1.82) is 0 Å². The van der Waals surface area contributed by atoms with Gasteiger partial charge in [0, 0.05) is 23.9 Å². The highest BCUT2D eigenvalue weighted by molar-refractivity contribution is 6.42. The third-order valence-electron chi connectivity index (χ3n) is 4.00. The fourth-order valence-corrected chi connectivity index (χ4v) is 3.25. The van der Waals surface area contributed by atoms with E-state index in [1.165, 1.54) is 5.56 Å². The van der Waals surface area contributed by atoms with Crippen molar-refractivity contribution in [2.24, 2.45) is 5.73 Å². The first-order valence-electron chi connectivity index (χ1n) is 6.81. The average Bonchev–Trinajstić information content (AvgIpc) is 2.49. The predicted octanol–water partition coefficient (Wildman–Crippen LogP) is 4.51. The van der Waals surface area contributed by atoms with Crippen molar-refractivity contribution in [1.82, 2.24) is 4.98 Å². The molecule has 3 rings (SSSR count). The first-order valence-corrected chi connectivity index (χ1v) is 7.56. The summed E-state index contributed by atoms with van der Waals surface area (Å²) in [4.78, 5) is 4.55. The molecule has 0 saturated heterocycles. The smallest absolute Gasteiger partial charge is 0.0595 e. The number of hydrogen-bond acceptors (Lipinski definition) is 2. The van der Waals surface area contributed by atoms with Crippen LogP contribution < -0.4 is 5.73 Å². The third kappa shape index (κ3) is 2.56. The largest absolute Gasteiger partial charge is 0.323 e. The Kier molecular flexibility index (Phi) is 3.97. The van der Waals surface area contributed by atoms with Gasteiger partial charge < -0.3 is 5.73 Å². The summed E-state index contributed by atoms with van der Waals surface area (Å²) in [5, 5.41) is 1.11. The zero-order chi connectivity index (χ0) is 14.1. The van der Waals surface area contributed by atoms with Crippen molar-refractivity contribution >= 4 is 23.2 Å². The molecule has 1 aromatic carbocycles. The molecule has 2 N–H and O–H groups in total. The SMILES string of the molecule is NC(c1ccc(Cl)c(Cl)c1)C1CCCc2cccnc21. The summed E-state index contributed by atoms with van der Waals surface area (Å²) < 4.78 is 0. The number of pyridine rings is 1. The number of benzene rings is 1. The second-order valence-corrected chi connectivity index (χ2v) is 6.06. The fourth-order valence-electron chi connectivity index (χ4n) is 2.95. The molecule has 0 radical (unpaired) electrons. The molecule has 2 unspecified atom stereocenters. The van der Waals surface area contributed by atoms with E-state index in [4.69, 9.17) is 28.9 Å². The quantitative estimate of drug-likeness (QED) is 0.886. The summed E-state index contributed by atoms with van der Waals surface area (Å²) in [6, 6.07) is 9.67. The normalized spacial score (nSPS) is 19.4. The van der Waals surface area contributed by atoms with Gasteiger partial charge in [0.1, 0.15) is 0 Å². The zero-order valence-corrected chi connectivity index (χ0v) is 12.5. The Balaban J connectivity index is 1.95. The molecule has 0 bridgehead atoms. The van der Waals surface area contributed by atoms with E-state index in [1.807, 2.05) is 24.4 Å². The maximum Gasteiger partial charge on any atom is 0.0595 e. The maximum absolute atomic E-state index is 6.46. The van der Waals surface area contributed by atoms with Crippen LogP contribution in [0.3, 0.4) is 0 Å². The lowest BCUT2D eigenvalue weighted by Crippen LogP contribution is -2.24. The van der Waals surface area contributed by atoms with Crippen molar-refractivity contribution < 1.29 is 0 Å². The van der Waals surface area contributed by atoms with Crippen LogP contribution in [0.5, 0.6) is 0 Å². The molecule has 0 amide bonds. The second-order valence-electron chi connectivity index (χ2n) is 5.25. The molecule has 4 heteroatoms. The van der Waals surface area contributed by atoms with E-state index in [2.05, 4.69) is 11.1 Å². The van der Waals surface area contributed by atoms with E-state index in [-0.39, 0.29) is 12.0 Å². The minimum Gasteiger partial charge on any atom is -0.323 e. The zero-order valence-electron chi connectivity index (χ0n) is 11.0. The molecule has 20 heavy (non-hydrogen) atoms. The Bertz CT molecular complexity index is 628. The number of hydrogen-bond donors (Lipinski definition) is 1. The Hall–Kier alpha value is -1.09. The van der Waals surface area contributed by atoms with Gasteiger partial charge in [0.15, 0.2) is 0 Å². The molecule has 1 aliphatic rings. The molecule has 2 atom stereocenters. The van der Waals surface area contributed by atoms with Gasteiger partial charge in [-0.1, -0.05) is 35.3 Å². The van der Waals surface area contributed by atoms with Crippen LogP contribution in [0.4, 0.5) is 0 Å². The van der Waals surface area contributed by atoms with Gasteiger partial charge in [-0.25, -0.2) is 0 Å². The minimum absolute atomic E-state index is 0.0984. The highest BCUT2D eigenvalue weighted by Crippen LogP contribution is 2.38. The average molecular weight is 307 g/mol. The topological polar surface area (TPSA) is 38.9 Å². The van der Waals surface area contributed by atoms with Gasteiger partial charge in [0.2, 0.25) is 0 Å². The van der Waals surface area contributed by atoms with Crippen LogP contribution in [0.1, 0.15) is 41.6 Å². The minimum atomic E-state index is -0.0984. The Labute approximate surface area is 128 Å². The standard InChI is InChI=1S/C16H16Cl2N2/c17-13-7-6-11(9-14(13)18)15(19)12-5-1-3-10-4-2-8-20-16(10)12/h2,4,6-9,12,15H,1,3,5,19H2. The second kappa shape index (κ2) is 5.72. The fraction of sp³-hybridized carbons (Fsp3) is 0.312. The van der Waals surface area contributed by atoms with Crippen LogP contribution in [-0.4, -0.2) is 4.98 Å². The third-order valence-corrected chi connectivity index (χ3v) is 4.74. The molecule has 0 fully saturated rings. The number of aromatic nitrogens is 1. The number of nitrogens with two attached hydrogens (primary N) is 1. The molecule has 0 aliphatic heterocycles. The summed E-state index contributed by atoms with van der Waals surface area (Å²) in [5.41, 5.74) is 9.93. The van der Waals surface area contributed by atoms with Gasteiger partial charge in [0.05, 0.1) is 10.0 Å². The van der Waals surface area contributed by atoms with Crippen LogP contribution in [0.15, 0.2) is 36.5 Å². The van der Waals surface area contributed by atoms with Gasteiger partial charge in [0.25, 0.3) is 0 Å². The number of nitrogens with zero attached hydrogens (tertiary/aromatic N) is 1. The number of fused-ring (bicyclic) bond motifs is 1. The molecule has 1 heterocycles. The van der Waals surface area contributed by atoms with Crippen LogP contribution >= 0.6 is 23.2 Å². The summed E-state index contributed by atoms with van der Waals surface area (Å²) in [6.45, 7) is 0. The van der Waals surface area contributed by atoms with Crippen molar-refractivity contribution in [3.8, 4) is 0 Å². The van der Waals surface area contributed by atoms with E-state index >= 15 is 0 Å². The van der Waals surface area contributed by atoms with Gasteiger partial charge in [-0.15, -0.1) is 0 Å². The lowest BCUT2D eigenvalue weighted by atomic mass is 9.80. The molecule has 104 valence electrons. The van der Waals surface area contributed by atoms with Gasteiger partial charge in [-0.2, -0.15) is 0 Å². The first-order chi connectivity index (χ1) is 9.66. The van der Waals surface area contributed by atoms with Gasteiger partial charge in [-0.05, 0) is 48.6 Å². The highest BCUT2D eigenvalue weighted by atomic mass is 35.5. The molecular weight excluding hydrogens is 291 g/mol. The monoisotopic (exact) mass is 306 g/mol. The van der Waals surface area contributed by atoms with Gasteiger partial charge >= 0.3 is 0 Å².